The van der Waals surface area contributed by atoms with Crippen LogP contribution in [-0.4, -0.2) is 50.9 Å². The fourth-order valence-electron chi connectivity index (χ4n) is 4.20. The van der Waals surface area contributed by atoms with Gasteiger partial charge >= 0.3 is 0 Å². The van der Waals surface area contributed by atoms with Crippen LogP contribution in [0.2, 0.25) is 0 Å². The largest absolute Gasteiger partial charge is 0.505 e. The molecule has 0 spiro atoms. The van der Waals surface area contributed by atoms with Gasteiger partial charge in [-0.25, -0.2) is 8.42 Å². The molecule has 0 saturated carbocycles. The van der Waals surface area contributed by atoms with Gasteiger partial charge in [-0.3, -0.25) is 19.7 Å². The van der Waals surface area contributed by atoms with Crippen molar-refractivity contribution < 1.29 is 18.3 Å². The highest BCUT2D eigenvalue weighted by molar-refractivity contribution is 7.89. The number of pyridine rings is 3. The van der Waals surface area contributed by atoms with E-state index in [1.807, 2.05) is 24.3 Å². The molecule has 1 aliphatic heterocycles. The Kier molecular flexibility index (Phi) is 5.80. The lowest BCUT2D eigenvalue weighted by Crippen LogP contribution is -2.25. The number of carbonyl (C=O) groups is 1. The lowest BCUT2D eigenvalue weighted by molar-refractivity contribution is 0.103. The first-order chi connectivity index (χ1) is 16.4. The molecule has 8 nitrogen and oxygen atoms in total. The zero-order chi connectivity index (χ0) is 23.7. The van der Waals surface area contributed by atoms with E-state index in [9.17, 15) is 18.3 Å². The van der Waals surface area contributed by atoms with Gasteiger partial charge in [0.05, 0.1) is 16.8 Å². The van der Waals surface area contributed by atoms with Crippen molar-refractivity contribution in [2.45, 2.75) is 19.4 Å². The molecular weight excluding hydrogens is 452 g/mol. The Morgan fingerprint density at radius 2 is 1.82 bits per heavy atom. The molecule has 0 radical (unpaired) electrons. The number of hydrogen-bond acceptors (Lipinski definition) is 7. The van der Waals surface area contributed by atoms with Gasteiger partial charge in [-0.2, -0.15) is 4.31 Å². The van der Waals surface area contributed by atoms with Crippen molar-refractivity contribution in [3.63, 3.8) is 0 Å². The van der Waals surface area contributed by atoms with Crippen LogP contribution >= 0.6 is 0 Å². The number of rotatable bonds is 6. The number of aromatic hydroxyl groups is 1. The molecule has 1 aliphatic rings. The summed E-state index contributed by atoms with van der Waals surface area (Å²) in [4.78, 5) is 26.2. The van der Waals surface area contributed by atoms with Gasteiger partial charge in [0, 0.05) is 49.4 Å². The van der Waals surface area contributed by atoms with E-state index in [-0.39, 0.29) is 29.1 Å². The van der Waals surface area contributed by atoms with Crippen LogP contribution in [0.5, 0.6) is 5.75 Å². The number of aromatic nitrogens is 3. The van der Waals surface area contributed by atoms with Crippen LogP contribution in [0.3, 0.4) is 0 Å². The summed E-state index contributed by atoms with van der Waals surface area (Å²) in [6.07, 6.45) is 5.64. The molecule has 0 amide bonds. The first-order valence-corrected chi connectivity index (χ1v) is 12.5. The highest BCUT2D eigenvalue weighted by atomic mass is 32.2. The van der Waals surface area contributed by atoms with Crippen LogP contribution in [0, 0.1) is 0 Å². The van der Waals surface area contributed by atoms with E-state index >= 15 is 0 Å². The van der Waals surface area contributed by atoms with E-state index in [1.54, 1.807) is 30.5 Å². The van der Waals surface area contributed by atoms with Gasteiger partial charge in [0.25, 0.3) is 0 Å². The fourth-order valence-corrected chi connectivity index (χ4v) is 5.70. The number of benzene rings is 1. The second kappa shape index (κ2) is 8.92. The Bertz CT molecular complexity index is 1490. The summed E-state index contributed by atoms with van der Waals surface area (Å²) in [7, 11) is -3.30. The number of sulfonamides is 1. The maximum absolute atomic E-state index is 13.5. The van der Waals surface area contributed by atoms with E-state index in [0.717, 1.165) is 11.3 Å². The molecule has 4 heterocycles. The van der Waals surface area contributed by atoms with Crippen LogP contribution < -0.4 is 0 Å². The molecule has 172 valence electrons. The third-order valence-corrected chi connectivity index (χ3v) is 7.73. The number of carbonyl (C=O) groups excluding carboxylic acids is 1. The first kappa shape index (κ1) is 22.1. The fraction of sp³-hybridized carbons (Fsp3) is 0.200. The maximum Gasteiger partial charge on any atom is 0.214 e. The van der Waals surface area contributed by atoms with Crippen LogP contribution in [0.25, 0.3) is 11.0 Å². The van der Waals surface area contributed by atoms with E-state index in [4.69, 9.17) is 0 Å². The van der Waals surface area contributed by atoms with Gasteiger partial charge in [-0.1, -0.05) is 12.1 Å². The Balaban J connectivity index is 1.55. The highest BCUT2D eigenvalue weighted by Crippen LogP contribution is 2.28. The predicted molar refractivity (Wildman–Crippen MR) is 127 cm³/mol. The maximum atomic E-state index is 13.5. The summed E-state index contributed by atoms with van der Waals surface area (Å²) in [6, 6.07) is 14.4. The molecule has 34 heavy (non-hydrogen) atoms. The standard InChI is InChI=1S/C25H22N4O4S/c30-24(21-15-28-22-6-3-8-27-23(22)25(21)31)19-12-17(14-20-5-1-2-7-26-20)11-18(13-19)16-29-9-4-10-34(29,32)33/h1-3,5-8,11-13,15H,4,9-10,14,16H2,(H,28,31). The van der Waals surface area contributed by atoms with Crippen molar-refractivity contribution >= 4 is 26.8 Å². The van der Waals surface area contributed by atoms with Crippen LogP contribution in [-0.2, 0) is 23.0 Å². The molecule has 5 rings (SSSR count). The lowest BCUT2D eigenvalue weighted by atomic mass is 9.96. The number of ketones is 1. The topological polar surface area (TPSA) is 113 Å². The zero-order valence-corrected chi connectivity index (χ0v) is 19.1. The number of nitrogens with zero attached hydrogens (tertiary/aromatic N) is 4. The molecular formula is C25H22N4O4S. The second-order valence-electron chi connectivity index (χ2n) is 8.26. The van der Waals surface area contributed by atoms with Gasteiger partial charge in [-0.05, 0) is 53.9 Å². The molecule has 1 saturated heterocycles. The molecule has 1 aromatic carbocycles. The van der Waals surface area contributed by atoms with E-state index in [0.29, 0.717) is 36.0 Å². The predicted octanol–water partition coefficient (Wildman–Crippen LogP) is 3.09. The van der Waals surface area contributed by atoms with Crippen LogP contribution in [0.1, 0.15) is 39.2 Å². The Labute approximate surface area is 197 Å². The smallest absolute Gasteiger partial charge is 0.214 e. The van der Waals surface area contributed by atoms with Gasteiger partial charge in [0.15, 0.2) is 11.5 Å². The van der Waals surface area contributed by atoms with Gasteiger partial charge < -0.3 is 5.11 Å². The van der Waals surface area contributed by atoms with Crippen LogP contribution in [0.4, 0.5) is 0 Å². The molecule has 0 unspecified atom stereocenters. The van der Waals surface area contributed by atoms with Gasteiger partial charge in [0.1, 0.15) is 5.52 Å². The molecule has 0 aliphatic carbocycles. The molecule has 9 heteroatoms. The molecule has 0 bridgehead atoms. The first-order valence-electron chi connectivity index (χ1n) is 10.9. The zero-order valence-electron chi connectivity index (χ0n) is 18.3. The molecule has 4 aromatic rings. The second-order valence-corrected chi connectivity index (χ2v) is 10.3. The van der Waals surface area contributed by atoms with Crippen molar-refractivity contribution in [1.82, 2.24) is 19.3 Å². The highest BCUT2D eigenvalue weighted by Gasteiger charge is 2.28. The van der Waals surface area contributed by atoms with Gasteiger partial charge in [0.2, 0.25) is 10.0 Å². The van der Waals surface area contributed by atoms with Crippen molar-refractivity contribution in [1.29, 1.82) is 0 Å². The van der Waals surface area contributed by atoms with Crippen molar-refractivity contribution in [2.75, 3.05) is 12.3 Å². The minimum Gasteiger partial charge on any atom is -0.505 e. The van der Waals surface area contributed by atoms with Crippen molar-refractivity contribution in [3.8, 4) is 5.75 Å². The summed E-state index contributed by atoms with van der Waals surface area (Å²) in [6.45, 7) is 0.638. The summed E-state index contributed by atoms with van der Waals surface area (Å²) < 4.78 is 26.1. The average molecular weight is 475 g/mol. The molecule has 3 aromatic heterocycles. The number of fused-ring (bicyclic) bond motifs is 1. The summed E-state index contributed by atoms with van der Waals surface area (Å²) in [5.74, 6) is -0.504. The monoisotopic (exact) mass is 474 g/mol. The number of hydrogen-bond donors (Lipinski definition) is 1. The summed E-state index contributed by atoms with van der Waals surface area (Å²) in [5.41, 5.74) is 3.47. The molecule has 1 N–H and O–H groups in total. The minimum absolute atomic E-state index is 0.0425. The Hall–Kier alpha value is -3.69. The SMILES string of the molecule is O=C(c1cc(Cc2ccccn2)cc(CN2CCCS2(=O)=O)c1)c1cnc2cccnc2c1O. The summed E-state index contributed by atoms with van der Waals surface area (Å²) >= 11 is 0. The van der Waals surface area contributed by atoms with Crippen molar-refractivity contribution in [3.05, 3.63) is 95.1 Å². The normalized spacial score (nSPS) is 15.5. The third-order valence-electron chi connectivity index (χ3n) is 5.83. The molecule has 1 fully saturated rings. The van der Waals surface area contributed by atoms with Gasteiger partial charge in [-0.15, -0.1) is 0 Å². The quantitative estimate of drug-likeness (QED) is 0.427. The van der Waals surface area contributed by atoms with Crippen molar-refractivity contribution in [2.24, 2.45) is 0 Å². The van der Waals surface area contributed by atoms with Crippen LogP contribution in [0.15, 0.2) is 67.1 Å². The Morgan fingerprint density at radius 3 is 2.59 bits per heavy atom. The molecule has 0 atom stereocenters. The Morgan fingerprint density at radius 1 is 1.00 bits per heavy atom. The van der Waals surface area contributed by atoms with E-state index in [1.165, 1.54) is 16.7 Å². The average Bonchev–Trinajstić information content (AvgIpc) is 3.17. The third kappa shape index (κ3) is 4.40. The van der Waals surface area contributed by atoms with E-state index in [2.05, 4.69) is 15.0 Å². The minimum atomic E-state index is -3.30. The van der Waals surface area contributed by atoms with E-state index < -0.39 is 15.8 Å². The summed E-state index contributed by atoms with van der Waals surface area (Å²) in [5, 5.41) is 10.7. The lowest BCUT2D eigenvalue weighted by Gasteiger charge is -2.16.